The van der Waals surface area contributed by atoms with Crippen LogP contribution < -0.4 is 10.6 Å². The summed E-state index contributed by atoms with van der Waals surface area (Å²) in [4.78, 5) is 6.88. The summed E-state index contributed by atoms with van der Waals surface area (Å²) in [6.45, 7) is 10.2. The fourth-order valence-corrected chi connectivity index (χ4v) is 2.02. The molecule has 2 N–H and O–H groups in total. The molecule has 0 atom stereocenters. The van der Waals surface area contributed by atoms with Gasteiger partial charge in [0.05, 0.1) is 0 Å². The molecule has 0 unspecified atom stereocenters. The van der Waals surface area contributed by atoms with Crippen LogP contribution in [0.5, 0.6) is 0 Å². The molecule has 0 aliphatic carbocycles. The van der Waals surface area contributed by atoms with E-state index < -0.39 is 0 Å². The maximum atomic E-state index is 4.55. The normalized spacial score (nSPS) is 11.0. The maximum Gasteiger partial charge on any atom is 0.191 e. The van der Waals surface area contributed by atoms with Gasteiger partial charge in [-0.2, -0.15) is 0 Å². The SMILES string of the molecule is C=CCNC(=NCCCN(C)Cc1ccccc1)NCC.I. The summed E-state index contributed by atoms with van der Waals surface area (Å²) in [6.07, 6.45) is 2.88. The Kier molecular flexibility index (Phi) is 12.9. The molecule has 0 heterocycles. The minimum absolute atomic E-state index is 0. The number of benzene rings is 1. The first kappa shape index (κ1) is 20.9. The number of aliphatic imine (C=N–C) groups is 1. The van der Waals surface area contributed by atoms with Crippen LogP contribution in [0.25, 0.3) is 0 Å². The Labute approximate surface area is 152 Å². The summed E-state index contributed by atoms with van der Waals surface area (Å²) < 4.78 is 0. The van der Waals surface area contributed by atoms with Gasteiger partial charge in [-0.05, 0) is 32.5 Å². The number of hydrogen-bond donors (Lipinski definition) is 2. The smallest absolute Gasteiger partial charge is 0.191 e. The van der Waals surface area contributed by atoms with Crippen molar-refractivity contribution in [2.75, 3.05) is 33.2 Å². The molecule has 0 bridgehead atoms. The monoisotopic (exact) mass is 416 g/mol. The number of nitrogens with one attached hydrogen (secondary N) is 2. The summed E-state index contributed by atoms with van der Waals surface area (Å²) in [5.74, 6) is 0.864. The first-order valence-corrected chi connectivity index (χ1v) is 7.61. The predicted molar refractivity (Wildman–Crippen MR) is 107 cm³/mol. The minimum Gasteiger partial charge on any atom is -0.357 e. The second-order valence-corrected chi connectivity index (χ2v) is 5.01. The van der Waals surface area contributed by atoms with Gasteiger partial charge >= 0.3 is 0 Å². The molecule has 5 heteroatoms. The van der Waals surface area contributed by atoms with Crippen molar-refractivity contribution in [1.82, 2.24) is 15.5 Å². The molecule has 1 aromatic rings. The van der Waals surface area contributed by atoms with Crippen molar-refractivity contribution >= 4 is 29.9 Å². The van der Waals surface area contributed by atoms with Crippen LogP contribution in [0.3, 0.4) is 0 Å². The lowest BCUT2D eigenvalue weighted by atomic mass is 10.2. The van der Waals surface area contributed by atoms with Crippen LogP contribution in [0.4, 0.5) is 0 Å². The summed E-state index contributed by atoms with van der Waals surface area (Å²) in [7, 11) is 2.15. The second-order valence-electron chi connectivity index (χ2n) is 5.01. The van der Waals surface area contributed by atoms with Crippen LogP contribution in [0.2, 0.25) is 0 Å². The zero-order chi connectivity index (χ0) is 15.3. The van der Waals surface area contributed by atoms with Gasteiger partial charge in [0.15, 0.2) is 5.96 Å². The first-order valence-electron chi connectivity index (χ1n) is 7.61. The highest BCUT2D eigenvalue weighted by atomic mass is 127. The number of halogens is 1. The molecular formula is C17H29IN4. The Hall–Kier alpha value is -1.08. The predicted octanol–water partition coefficient (Wildman–Crippen LogP) is 2.87. The Morgan fingerprint density at radius 1 is 1.27 bits per heavy atom. The van der Waals surface area contributed by atoms with Crippen molar-refractivity contribution in [3.8, 4) is 0 Å². The molecule has 0 saturated carbocycles. The lowest BCUT2D eigenvalue weighted by molar-refractivity contribution is 0.324. The molecule has 0 aromatic heterocycles. The molecule has 22 heavy (non-hydrogen) atoms. The minimum atomic E-state index is 0. The Morgan fingerprint density at radius 2 is 2.00 bits per heavy atom. The van der Waals surface area contributed by atoms with Crippen molar-refractivity contribution in [3.63, 3.8) is 0 Å². The quantitative estimate of drug-likeness (QED) is 0.214. The molecule has 1 rings (SSSR count). The molecule has 1 aromatic carbocycles. The highest BCUT2D eigenvalue weighted by molar-refractivity contribution is 14.0. The molecule has 0 spiro atoms. The van der Waals surface area contributed by atoms with E-state index in [1.807, 2.05) is 6.08 Å². The van der Waals surface area contributed by atoms with E-state index in [2.05, 4.69) is 71.4 Å². The van der Waals surface area contributed by atoms with Gasteiger partial charge in [-0.1, -0.05) is 36.4 Å². The van der Waals surface area contributed by atoms with Gasteiger partial charge < -0.3 is 15.5 Å². The number of rotatable bonds is 9. The molecule has 0 aliphatic heterocycles. The lowest BCUT2D eigenvalue weighted by Gasteiger charge is -2.16. The number of nitrogens with zero attached hydrogens (tertiary/aromatic N) is 2. The number of guanidine groups is 1. The second kappa shape index (κ2) is 13.6. The van der Waals surface area contributed by atoms with E-state index >= 15 is 0 Å². The van der Waals surface area contributed by atoms with E-state index in [9.17, 15) is 0 Å². The highest BCUT2D eigenvalue weighted by Gasteiger charge is 2.00. The van der Waals surface area contributed by atoms with E-state index in [4.69, 9.17) is 0 Å². The zero-order valence-electron chi connectivity index (χ0n) is 13.7. The van der Waals surface area contributed by atoms with Crippen LogP contribution in [-0.2, 0) is 6.54 Å². The van der Waals surface area contributed by atoms with Crippen LogP contribution in [0.1, 0.15) is 18.9 Å². The van der Waals surface area contributed by atoms with Crippen molar-refractivity contribution < 1.29 is 0 Å². The van der Waals surface area contributed by atoms with Gasteiger partial charge in [-0.3, -0.25) is 4.99 Å². The summed E-state index contributed by atoms with van der Waals surface area (Å²) in [6, 6.07) is 10.5. The fraction of sp³-hybridized carbons (Fsp3) is 0.471. The first-order chi connectivity index (χ1) is 10.3. The Bertz CT molecular complexity index is 420. The van der Waals surface area contributed by atoms with Gasteiger partial charge in [-0.15, -0.1) is 30.6 Å². The van der Waals surface area contributed by atoms with Crippen LogP contribution in [-0.4, -0.2) is 44.1 Å². The van der Waals surface area contributed by atoms with Gasteiger partial charge in [-0.25, -0.2) is 0 Å². The van der Waals surface area contributed by atoms with Crippen LogP contribution >= 0.6 is 24.0 Å². The zero-order valence-corrected chi connectivity index (χ0v) is 16.0. The number of hydrogen-bond acceptors (Lipinski definition) is 2. The molecular weight excluding hydrogens is 387 g/mol. The fourth-order valence-electron chi connectivity index (χ4n) is 2.02. The molecule has 0 fully saturated rings. The lowest BCUT2D eigenvalue weighted by Crippen LogP contribution is -2.37. The third kappa shape index (κ3) is 9.78. The third-order valence-electron chi connectivity index (χ3n) is 3.02. The highest BCUT2D eigenvalue weighted by Crippen LogP contribution is 2.02. The molecule has 0 radical (unpaired) electrons. The molecule has 4 nitrogen and oxygen atoms in total. The summed E-state index contributed by atoms with van der Waals surface area (Å²) in [5.41, 5.74) is 1.35. The van der Waals surface area contributed by atoms with E-state index in [-0.39, 0.29) is 24.0 Å². The van der Waals surface area contributed by atoms with Crippen molar-refractivity contribution in [1.29, 1.82) is 0 Å². The van der Waals surface area contributed by atoms with Crippen LogP contribution in [0.15, 0.2) is 48.0 Å². The standard InChI is InChI=1S/C17H28N4.HI/c1-4-12-19-17(18-5-2)20-13-9-14-21(3)15-16-10-7-6-8-11-16;/h4,6-8,10-11H,1,5,9,12-15H2,2-3H3,(H2,18,19,20);1H. The summed E-state index contributed by atoms with van der Waals surface area (Å²) >= 11 is 0. The molecule has 0 aliphatic rings. The van der Waals surface area contributed by atoms with E-state index in [1.54, 1.807) is 0 Å². The topological polar surface area (TPSA) is 39.7 Å². The Morgan fingerprint density at radius 3 is 2.64 bits per heavy atom. The molecule has 0 saturated heterocycles. The third-order valence-corrected chi connectivity index (χ3v) is 3.02. The largest absolute Gasteiger partial charge is 0.357 e. The van der Waals surface area contributed by atoms with Gasteiger partial charge in [0.1, 0.15) is 0 Å². The van der Waals surface area contributed by atoms with Gasteiger partial charge in [0.2, 0.25) is 0 Å². The average molecular weight is 416 g/mol. The Balaban J connectivity index is 0.00000441. The van der Waals surface area contributed by atoms with Crippen molar-refractivity contribution in [2.45, 2.75) is 19.9 Å². The maximum absolute atomic E-state index is 4.55. The van der Waals surface area contributed by atoms with Gasteiger partial charge in [0.25, 0.3) is 0 Å². The van der Waals surface area contributed by atoms with E-state index in [0.29, 0.717) is 0 Å². The molecule has 124 valence electrons. The van der Waals surface area contributed by atoms with Crippen molar-refractivity contribution in [3.05, 3.63) is 48.6 Å². The molecule has 0 amide bonds. The van der Waals surface area contributed by atoms with E-state index in [0.717, 1.165) is 45.1 Å². The van der Waals surface area contributed by atoms with Gasteiger partial charge in [0, 0.05) is 26.2 Å². The van der Waals surface area contributed by atoms with E-state index in [1.165, 1.54) is 5.56 Å². The van der Waals surface area contributed by atoms with Crippen molar-refractivity contribution in [2.24, 2.45) is 4.99 Å². The average Bonchev–Trinajstić information content (AvgIpc) is 2.50. The summed E-state index contributed by atoms with van der Waals surface area (Å²) in [5, 5.41) is 6.43. The van der Waals surface area contributed by atoms with Crippen LogP contribution in [0, 0.1) is 0 Å².